The molecule has 3 aromatic rings. The van der Waals surface area contributed by atoms with Gasteiger partial charge >= 0.3 is 5.97 Å². The minimum Gasteiger partial charge on any atom is -0.497 e. The number of hydrogen-bond acceptors (Lipinski definition) is 6. The van der Waals surface area contributed by atoms with Crippen LogP contribution in [0.3, 0.4) is 0 Å². The van der Waals surface area contributed by atoms with E-state index in [0.29, 0.717) is 5.02 Å². The zero-order valence-electron chi connectivity index (χ0n) is 16.3. The van der Waals surface area contributed by atoms with Crippen LogP contribution in [0, 0.1) is 0 Å². The number of methoxy groups -OCH3 is 1. The maximum absolute atomic E-state index is 12.9. The molecule has 0 bridgehead atoms. The van der Waals surface area contributed by atoms with Crippen molar-refractivity contribution >= 4 is 39.0 Å². The van der Waals surface area contributed by atoms with Gasteiger partial charge in [-0.05, 0) is 42.5 Å². The number of rotatable bonds is 8. The van der Waals surface area contributed by atoms with Crippen molar-refractivity contribution in [3.63, 3.8) is 0 Å². The minimum atomic E-state index is -3.87. The van der Waals surface area contributed by atoms with Crippen LogP contribution in [-0.2, 0) is 21.2 Å². The Morgan fingerprint density at radius 2 is 1.84 bits per heavy atom. The van der Waals surface area contributed by atoms with Gasteiger partial charge in [-0.15, -0.1) is 0 Å². The molecule has 11 heteroatoms. The highest BCUT2D eigenvalue weighted by atomic mass is 35.5. The number of ether oxygens (including phenoxy) is 1. The molecule has 0 unspecified atom stereocenters. The lowest BCUT2D eigenvalue weighted by Gasteiger charge is -2.11. The zero-order chi connectivity index (χ0) is 22.6. The molecule has 0 aliphatic carbocycles. The molecule has 1 amide bonds. The molecule has 2 aromatic carbocycles. The first kappa shape index (κ1) is 22.3. The summed E-state index contributed by atoms with van der Waals surface area (Å²) in [6, 6.07) is 11.3. The first-order chi connectivity index (χ1) is 14.7. The van der Waals surface area contributed by atoms with Crippen molar-refractivity contribution in [3.8, 4) is 5.75 Å². The number of aryl methyl sites for hydroxylation is 1. The SMILES string of the molecule is COc1cc(NC(=O)CCn2ccc(C(=O)O)n2)cc(S(=O)(=O)c2ccc(Cl)cc2)c1. The Morgan fingerprint density at radius 3 is 2.45 bits per heavy atom. The van der Waals surface area contributed by atoms with Gasteiger partial charge in [0.25, 0.3) is 0 Å². The largest absolute Gasteiger partial charge is 0.497 e. The number of nitrogens with one attached hydrogen (secondary N) is 1. The van der Waals surface area contributed by atoms with E-state index in [1.807, 2.05) is 0 Å². The van der Waals surface area contributed by atoms with Crippen LogP contribution in [0.15, 0.2) is 64.5 Å². The number of carboxylic acids is 1. The molecule has 3 rings (SSSR count). The fraction of sp³-hybridized carbons (Fsp3) is 0.150. The Hall–Kier alpha value is -3.37. The Morgan fingerprint density at radius 1 is 1.13 bits per heavy atom. The predicted molar refractivity (Wildman–Crippen MR) is 112 cm³/mol. The third-order valence-electron chi connectivity index (χ3n) is 4.26. The van der Waals surface area contributed by atoms with Gasteiger partial charge in [-0.3, -0.25) is 9.48 Å². The van der Waals surface area contributed by atoms with Crippen LogP contribution < -0.4 is 10.1 Å². The van der Waals surface area contributed by atoms with Crippen LogP contribution in [-0.4, -0.2) is 42.3 Å². The van der Waals surface area contributed by atoms with Crippen LogP contribution in [0.2, 0.25) is 5.02 Å². The van der Waals surface area contributed by atoms with E-state index in [2.05, 4.69) is 10.4 Å². The Balaban J connectivity index is 1.77. The third kappa shape index (κ3) is 5.41. The number of benzene rings is 2. The molecule has 0 spiro atoms. The van der Waals surface area contributed by atoms with E-state index in [-0.39, 0.29) is 39.9 Å². The molecule has 0 atom stereocenters. The highest BCUT2D eigenvalue weighted by Crippen LogP contribution is 2.29. The molecule has 1 aromatic heterocycles. The lowest BCUT2D eigenvalue weighted by atomic mass is 10.3. The topological polar surface area (TPSA) is 128 Å². The average molecular weight is 464 g/mol. The van der Waals surface area contributed by atoms with E-state index >= 15 is 0 Å². The number of halogens is 1. The smallest absolute Gasteiger partial charge is 0.356 e. The standard InChI is InChI=1S/C20H18ClN3O6S/c1-30-15-10-14(22-19(25)7-9-24-8-6-18(23-24)20(26)27)11-17(12-15)31(28,29)16-4-2-13(21)3-5-16/h2-6,8,10-12H,7,9H2,1H3,(H,22,25)(H,26,27). The lowest BCUT2D eigenvalue weighted by Crippen LogP contribution is -2.15. The van der Waals surface area contributed by atoms with Crippen LogP contribution in [0.1, 0.15) is 16.9 Å². The van der Waals surface area contributed by atoms with Crippen LogP contribution >= 0.6 is 11.6 Å². The zero-order valence-corrected chi connectivity index (χ0v) is 17.9. The van der Waals surface area contributed by atoms with Gasteiger partial charge < -0.3 is 15.2 Å². The number of aromatic carboxylic acids is 1. The van der Waals surface area contributed by atoms with Crippen molar-refractivity contribution in [2.75, 3.05) is 12.4 Å². The van der Waals surface area contributed by atoms with Gasteiger partial charge in [-0.1, -0.05) is 11.6 Å². The van der Waals surface area contributed by atoms with Gasteiger partial charge in [0.2, 0.25) is 15.7 Å². The molecule has 162 valence electrons. The molecule has 0 fully saturated rings. The van der Waals surface area contributed by atoms with E-state index in [1.54, 1.807) is 0 Å². The van der Waals surface area contributed by atoms with Gasteiger partial charge in [0.15, 0.2) is 5.69 Å². The van der Waals surface area contributed by atoms with Crippen LogP contribution in [0.25, 0.3) is 0 Å². The van der Waals surface area contributed by atoms with E-state index in [0.717, 1.165) is 0 Å². The highest BCUT2D eigenvalue weighted by Gasteiger charge is 2.20. The number of anilines is 1. The molecule has 9 nitrogen and oxygen atoms in total. The highest BCUT2D eigenvalue weighted by molar-refractivity contribution is 7.91. The molecule has 31 heavy (non-hydrogen) atoms. The number of carboxylic acid groups (broad SMARTS) is 1. The van der Waals surface area contributed by atoms with Gasteiger partial charge in [-0.2, -0.15) is 5.10 Å². The summed E-state index contributed by atoms with van der Waals surface area (Å²) < 4.78 is 32.4. The Kier molecular flexibility index (Phi) is 6.62. The maximum atomic E-state index is 12.9. The fourth-order valence-electron chi connectivity index (χ4n) is 2.71. The average Bonchev–Trinajstić information content (AvgIpc) is 3.22. The quantitative estimate of drug-likeness (QED) is 0.525. The van der Waals surface area contributed by atoms with E-state index in [4.69, 9.17) is 21.4 Å². The van der Waals surface area contributed by atoms with Crippen molar-refractivity contribution in [1.82, 2.24) is 9.78 Å². The number of nitrogens with zero attached hydrogens (tertiary/aromatic N) is 2. The normalized spacial score (nSPS) is 11.2. The summed E-state index contributed by atoms with van der Waals surface area (Å²) in [7, 11) is -2.48. The van der Waals surface area contributed by atoms with Crippen LogP contribution in [0.4, 0.5) is 5.69 Å². The summed E-state index contributed by atoms with van der Waals surface area (Å²) in [4.78, 5) is 23.2. The van der Waals surface area contributed by atoms with E-state index in [1.165, 1.54) is 66.5 Å². The van der Waals surface area contributed by atoms with Gasteiger partial charge in [0, 0.05) is 35.9 Å². The number of sulfone groups is 1. The first-order valence-corrected chi connectivity index (χ1v) is 10.8. The van der Waals surface area contributed by atoms with E-state index in [9.17, 15) is 18.0 Å². The van der Waals surface area contributed by atoms with Crippen molar-refractivity contribution in [2.24, 2.45) is 0 Å². The van der Waals surface area contributed by atoms with Gasteiger partial charge in [0.1, 0.15) is 5.75 Å². The van der Waals surface area contributed by atoms with E-state index < -0.39 is 21.7 Å². The second kappa shape index (κ2) is 9.19. The van der Waals surface area contributed by atoms with Gasteiger partial charge in [-0.25, -0.2) is 13.2 Å². The first-order valence-electron chi connectivity index (χ1n) is 8.95. The Labute approximate surface area is 183 Å². The summed E-state index contributed by atoms with van der Waals surface area (Å²) in [5.41, 5.74) is 0.119. The van der Waals surface area contributed by atoms with Crippen molar-refractivity contribution in [3.05, 3.63) is 65.4 Å². The number of amides is 1. The molecular weight excluding hydrogens is 446 g/mol. The molecule has 1 heterocycles. The monoisotopic (exact) mass is 463 g/mol. The third-order valence-corrected chi connectivity index (χ3v) is 6.26. The molecule has 2 N–H and O–H groups in total. The lowest BCUT2D eigenvalue weighted by molar-refractivity contribution is -0.116. The second-order valence-electron chi connectivity index (χ2n) is 6.42. The predicted octanol–water partition coefficient (Wildman–Crippen LogP) is 3.10. The fourth-order valence-corrected chi connectivity index (χ4v) is 4.15. The summed E-state index contributed by atoms with van der Waals surface area (Å²) in [5.74, 6) is -1.31. The summed E-state index contributed by atoms with van der Waals surface area (Å²) in [6.07, 6.45) is 1.45. The molecule has 0 saturated heterocycles. The molecule has 0 saturated carbocycles. The summed E-state index contributed by atoms with van der Waals surface area (Å²) in [6.45, 7) is 0.152. The van der Waals surface area contributed by atoms with Gasteiger partial charge in [0.05, 0.1) is 16.9 Å². The summed E-state index contributed by atoms with van der Waals surface area (Å²) >= 11 is 5.83. The summed E-state index contributed by atoms with van der Waals surface area (Å²) in [5, 5.41) is 15.8. The molecular formula is C20H18ClN3O6S. The van der Waals surface area contributed by atoms with Crippen LogP contribution in [0.5, 0.6) is 5.75 Å². The number of hydrogen-bond donors (Lipinski definition) is 2. The molecule has 0 aliphatic rings. The molecule has 0 radical (unpaired) electrons. The molecule has 0 aliphatic heterocycles. The maximum Gasteiger partial charge on any atom is 0.356 e. The number of aromatic nitrogens is 2. The van der Waals surface area contributed by atoms with Crippen molar-refractivity contribution < 1.29 is 27.9 Å². The number of carbonyl (C=O) groups excluding carboxylic acids is 1. The van der Waals surface area contributed by atoms with Crippen molar-refractivity contribution in [1.29, 1.82) is 0 Å². The number of carbonyl (C=O) groups is 2. The Bertz CT molecular complexity index is 1220. The minimum absolute atomic E-state index is 0.00276. The second-order valence-corrected chi connectivity index (χ2v) is 8.81. The van der Waals surface area contributed by atoms with Crippen molar-refractivity contribution in [2.45, 2.75) is 22.8 Å².